The zero-order chi connectivity index (χ0) is 14.8. The number of aryl methyl sites for hydroxylation is 1. The highest BCUT2D eigenvalue weighted by molar-refractivity contribution is 5.92. The summed E-state index contributed by atoms with van der Waals surface area (Å²) in [4.78, 5) is 20.7. The normalized spacial score (nSPS) is 15.3. The summed E-state index contributed by atoms with van der Waals surface area (Å²) in [5.74, 6) is 0.928. The van der Waals surface area contributed by atoms with Crippen LogP contribution in [0.3, 0.4) is 0 Å². The fraction of sp³-hybridized carbons (Fsp3) is 0.357. The van der Waals surface area contributed by atoms with Crippen molar-refractivity contribution >= 4 is 17.4 Å². The van der Waals surface area contributed by atoms with E-state index in [-0.39, 0.29) is 5.91 Å². The van der Waals surface area contributed by atoms with E-state index in [1.54, 1.807) is 30.2 Å². The number of nitrogens with two attached hydrogens (primary N) is 1. The molecule has 110 valence electrons. The van der Waals surface area contributed by atoms with Crippen molar-refractivity contribution in [1.82, 2.24) is 19.7 Å². The molecule has 1 saturated heterocycles. The molecule has 7 heteroatoms. The molecule has 0 spiro atoms. The molecule has 3 heterocycles. The first-order valence-electron chi connectivity index (χ1n) is 6.89. The first kappa shape index (κ1) is 13.4. The summed E-state index contributed by atoms with van der Waals surface area (Å²) in [7, 11) is 1.78. The Morgan fingerprint density at radius 1 is 1.19 bits per heavy atom. The van der Waals surface area contributed by atoms with Crippen molar-refractivity contribution in [3.63, 3.8) is 0 Å². The van der Waals surface area contributed by atoms with Gasteiger partial charge in [-0.25, -0.2) is 4.98 Å². The number of hydrogen-bond acceptors (Lipinski definition) is 5. The van der Waals surface area contributed by atoms with E-state index in [2.05, 4.69) is 15.0 Å². The lowest BCUT2D eigenvalue weighted by atomic mass is 10.2. The van der Waals surface area contributed by atoms with Gasteiger partial charge in [0.1, 0.15) is 11.5 Å². The highest BCUT2D eigenvalue weighted by Gasteiger charge is 2.24. The number of nitrogens with zero attached hydrogens (tertiary/aromatic N) is 5. The van der Waals surface area contributed by atoms with Gasteiger partial charge in [0, 0.05) is 39.4 Å². The van der Waals surface area contributed by atoms with Crippen LogP contribution in [0.4, 0.5) is 11.5 Å². The van der Waals surface area contributed by atoms with Crippen LogP contribution in [0.2, 0.25) is 0 Å². The molecule has 1 fully saturated rings. The molecule has 1 aliphatic rings. The number of amides is 1. The van der Waals surface area contributed by atoms with Crippen LogP contribution in [0.5, 0.6) is 0 Å². The number of hydrogen-bond donors (Lipinski definition) is 1. The number of piperazine rings is 1. The number of carbonyl (C=O) groups is 1. The minimum Gasteiger partial charge on any atom is -0.397 e. The Hall–Kier alpha value is -2.57. The Balaban J connectivity index is 1.64. The van der Waals surface area contributed by atoms with Gasteiger partial charge in [0.2, 0.25) is 0 Å². The molecule has 0 radical (unpaired) electrons. The molecule has 0 bridgehead atoms. The van der Waals surface area contributed by atoms with Crippen LogP contribution in [0, 0.1) is 0 Å². The number of aromatic nitrogens is 3. The summed E-state index contributed by atoms with van der Waals surface area (Å²) in [6, 6.07) is 5.50. The minimum absolute atomic E-state index is 0.0277. The number of nitrogen functional groups attached to an aromatic ring is 1. The molecule has 2 N–H and O–H groups in total. The van der Waals surface area contributed by atoms with E-state index in [0.717, 1.165) is 18.9 Å². The van der Waals surface area contributed by atoms with E-state index < -0.39 is 0 Å². The highest BCUT2D eigenvalue weighted by atomic mass is 16.2. The third kappa shape index (κ3) is 2.67. The summed E-state index contributed by atoms with van der Waals surface area (Å²) < 4.78 is 1.61. The van der Waals surface area contributed by atoms with Gasteiger partial charge in [-0.05, 0) is 18.2 Å². The van der Waals surface area contributed by atoms with Crippen LogP contribution in [-0.4, -0.2) is 51.8 Å². The zero-order valence-corrected chi connectivity index (χ0v) is 11.9. The second kappa shape index (κ2) is 5.43. The maximum atomic E-state index is 12.4. The average molecular weight is 286 g/mol. The van der Waals surface area contributed by atoms with Crippen molar-refractivity contribution in [3.8, 4) is 0 Å². The quantitative estimate of drug-likeness (QED) is 0.862. The maximum absolute atomic E-state index is 12.4. The molecule has 2 aromatic heterocycles. The summed E-state index contributed by atoms with van der Waals surface area (Å²) >= 11 is 0. The molecule has 7 nitrogen and oxygen atoms in total. The van der Waals surface area contributed by atoms with Gasteiger partial charge in [0.05, 0.1) is 11.9 Å². The molecular formula is C14H18N6O. The maximum Gasteiger partial charge on any atom is 0.272 e. The topological polar surface area (TPSA) is 80.3 Å². The largest absolute Gasteiger partial charge is 0.397 e. The van der Waals surface area contributed by atoms with E-state index in [0.29, 0.717) is 24.5 Å². The molecule has 1 amide bonds. The Morgan fingerprint density at radius 2 is 1.95 bits per heavy atom. The van der Waals surface area contributed by atoms with Crippen molar-refractivity contribution in [2.75, 3.05) is 36.8 Å². The zero-order valence-electron chi connectivity index (χ0n) is 11.9. The lowest BCUT2D eigenvalue weighted by Gasteiger charge is -2.35. The molecule has 1 aliphatic heterocycles. The standard InChI is InChI=1S/C14H18N6O/c1-18-12(4-5-17-18)14(21)20-8-6-19(7-9-20)13-3-2-11(15)10-16-13/h2-5,10H,6-9,15H2,1H3. The molecule has 2 aromatic rings. The van der Waals surface area contributed by atoms with E-state index in [4.69, 9.17) is 5.73 Å². The van der Waals surface area contributed by atoms with Crippen LogP contribution >= 0.6 is 0 Å². The van der Waals surface area contributed by atoms with Gasteiger partial charge in [0.25, 0.3) is 5.91 Å². The van der Waals surface area contributed by atoms with E-state index >= 15 is 0 Å². The van der Waals surface area contributed by atoms with Crippen molar-refractivity contribution in [2.24, 2.45) is 7.05 Å². The Morgan fingerprint density at radius 3 is 2.52 bits per heavy atom. The molecule has 0 unspecified atom stereocenters. The van der Waals surface area contributed by atoms with E-state index in [1.807, 2.05) is 17.0 Å². The lowest BCUT2D eigenvalue weighted by Crippen LogP contribution is -2.49. The molecule has 3 rings (SSSR count). The summed E-state index contributed by atoms with van der Waals surface area (Å²) in [5, 5.41) is 4.04. The molecule has 0 saturated carbocycles. The molecule has 0 aromatic carbocycles. The Bertz CT molecular complexity index is 627. The van der Waals surface area contributed by atoms with Gasteiger partial charge in [0.15, 0.2) is 0 Å². The predicted octanol–water partition coefficient (Wildman–Crippen LogP) is 0.360. The average Bonchev–Trinajstić information content (AvgIpc) is 2.94. The van der Waals surface area contributed by atoms with Gasteiger partial charge in [-0.15, -0.1) is 0 Å². The predicted molar refractivity (Wildman–Crippen MR) is 80.0 cm³/mol. The van der Waals surface area contributed by atoms with Gasteiger partial charge in [-0.3, -0.25) is 9.48 Å². The van der Waals surface area contributed by atoms with Crippen LogP contribution in [-0.2, 0) is 7.05 Å². The fourth-order valence-electron chi connectivity index (χ4n) is 2.47. The summed E-state index contributed by atoms with van der Waals surface area (Å²) in [6.07, 6.45) is 3.30. The van der Waals surface area contributed by atoms with Crippen LogP contribution in [0.25, 0.3) is 0 Å². The number of carbonyl (C=O) groups excluding carboxylic acids is 1. The Labute approximate surface area is 123 Å². The smallest absolute Gasteiger partial charge is 0.272 e. The molecular weight excluding hydrogens is 268 g/mol. The summed E-state index contributed by atoms with van der Waals surface area (Å²) in [6.45, 7) is 2.88. The molecule has 0 atom stereocenters. The van der Waals surface area contributed by atoms with Gasteiger partial charge in [-0.1, -0.05) is 0 Å². The van der Waals surface area contributed by atoms with Crippen molar-refractivity contribution in [3.05, 3.63) is 36.3 Å². The summed E-state index contributed by atoms with van der Waals surface area (Å²) in [5.41, 5.74) is 6.92. The monoisotopic (exact) mass is 286 g/mol. The lowest BCUT2D eigenvalue weighted by molar-refractivity contribution is 0.0735. The van der Waals surface area contributed by atoms with Crippen LogP contribution in [0.1, 0.15) is 10.5 Å². The minimum atomic E-state index is 0.0277. The fourth-order valence-corrected chi connectivity index (χ4v) is 2.47. The highest BCUT2D eigenvalue weighted by Crippen LogP contribution is 2.15. The van der Waals surface area contributed by atoms with Gasteiger partial charge < -0.3 is 15.5 Å². The van der Waals surface area contributed by atoms with E-state index in [1.165, 1.54) is 0 Å². The van der Waals surface area contributed by atoms with Crippen molar-refractivity contribution < 1.29 is 4.79 Å². The second-order valence-electron chi connectivity index (χ2n) is 5.07. The second-order valence-corrected chi connectivity index (χ2v) is 5.07. The number of anilines is 2. The third-order valence-electron chi connectivity index (χ3n) is 3.70. The number of pyridine rings is 1. The molecule has 21 heavy (non-hydrogen) atoms. The first-order chi connectivity index (χ1) is 10.1. The third-order valence-corrected chi connectivity index (χ3v) is 3.70. The van der Waals surface area contributed by atoms with E-state index in [9.17, 15) is 4.79 Å². The van der Waals surface area contributed by atoms with Gasteiger partial charge in [-0.2, -0.15) is 5.10 Å². The Kier molecular flexibility index (Phi) is 3.47. The van der Waals surface area contributed by atoms with Crippen molar-refractivity contribution in [2.45, 2.75) is 0 Å². The first-order valence-corrected chi connectivity index (χ1v) is 6.89. The van der Waals surface area contributed by atoms with Crippen molar-refractivity contribution in [1.29, 1.82) is 0 Å². The van der Waals surface area contributed by atoms with Crippen LogP contribution < -0.4 is 10.6 Å². The van der Waals surface area contributed by atoms with Gasteiger partial charge >= 0.3 is 0 Å². The number of rotatable bonds is 2. The van der Waals surface area contributed by atoms with Crippen LogP contribution in [0.15, 0.2) is 30.6 Å². The molecule has 0 aliphatic carbocycles. The SMILES string of the molecule is Cn1nccc1C(=O)N1CCN(c2ccc(N)cn2)CC1.